The number of hydrogen-bond donors (Lipinski definition) is 1. The van der Waals surface area contributed by atoms with Gasteiger partial charge in [0.25, 0.3) is 0 Å². The molecule has 4 aromatic rings. The summed E-state index contributed by atoms with van der Waals surface area (Å²) >= 11 is 12.1. The van der Waals surface area contributed by atoms with E-state index in [4.69, 9.17) is 32.7 Å². The van der Waals surface area contributed by atoms with Crippen LogP contribution in [0.3, 0.4) is 0 Å². The number of aryl methyl sites for hydroxylation is 1. The number of ether oxygens (including phenoxy) is 2. The number of carbonyl (C=O) groups excluding carboxylic acids is 1. The molecule has 0 aliphatic carbocycles. The minimum atomic E-state index is -0.504. The first-order valence-electron chi connectivity index (χ1n) is 11.8. The third-order valence-electron chi connectivity index (χ3n) is 5.79. The average Bonchev–Trinajstić information content (AvgIpc) is 3.20. The molecule has 194 valence electrons. The third-order valence-corrected chi connectivity index (χ3v) is 6.36. The largest absolute Gasteiger partial charge is 0.493 e. The van der Waals surface area contributed by atoms with Gasteiger partial charge in [0.1, 0.15) is 29.5 Å². The van der Waals surface area contributed by atoms with Gasteiger partial charge in [-0.25, -0.2) is 19.3 Å². The lowest BCUT2D eigenvalue weighted by Crippen LogP contribution is -2.11. The number of halogens is 3. The summed E-state index contributed by atoms with van der Waals surface area (Å²) in [5.74, 6) is 1.83. The zero-order chi connectivity index (χ0) is 26.4. The maximum absolute atomic E-state index is 13.6. The SMILES string of the molecule is CCCCc1nc(Cl)c(C=O)n1CCCOc1cc2c(Nc3ccc(F)c(Cl)c3)ncnc2cc1OC. The highest BCUT2D eigenvalue weighted by molar-refractivity contribution is 6.31. The van der Waals surface area contributed by atoms with Crippen LogP contribution in [0.1, 0.15) is 42.5 Å². The van der Waals surface area contributed by atoms with Crippen molar-refractivity contribution >= 4 is 51.9 Å². The first-order valence-corrected chi connectivity index (χ1v) is 12.6. The van der Waals surface area contributed by atoms with Crippen molar-refractivity contribution in [1.82, 2.24) is 19.5 Å². The minimum Gasteiger partial charge on any atom is -0.493 e. The van der Waals surface area contributed by atoms with Crippen LogP contribution in [0.25, 0.3) is 10.9 Å². The summed E-state index contributed by atoms with van der Waals surface area (Å²) < 4.78 is 27.0. The van der Waals surface area contributed by atoms with Crippen LogP contribution in [0, 0.1) is 5.82 Å². The van der Waals surface area contributed by atoms with Gasteiger partial charge < -0.3 is 19.4 Å². The van der Waals surface area contributed by atoms with Crippen LogP contribution in [0.5, 0.6) is 11.5 Å². The predicted molar refractivity (Wildman–Crippen MR) is 142 cm³/mol. The summed E-state index contributed by atoms with van der Waals surface area (Å²) in [7, 11) is 1.55. The number of aldehydes is 1. The molecule has 11 heteroatoms. The van der Waals surface area contributed by atoms with Gasteiger partial charge in [0.15, 0.2) is 22.9 Å². The van der Waals surface area contributed by atoms with Gasteiger partial charge in [-0.15, -0.1) is 0 Å². The van der Waals surface area contributed by atoms with Gasteiger partial charge in [-0.05, 0) is 37.1 Å². The molecule has 0 amide bonds. The molecule has 1 N–H and O–H groups in total. The smallest absolute Gasteiger partial charge is 0.169 e. The Bertz CT molecular complexity index is 1410. The van der Waals surface area contributed by atoms with Gasteiger partial charge in [-0.1, -0.05) is 36.5 Å². The van der Waals surface area contributed by atoms with Gasteiger partial charge in [-0.3, -0.25) is 4.79 Å². The lowest BCUT2D eigenvalue weighted by atomic mass is 10.2. The van der Waals surface area contributed by atoms with Gasteiger partial charge in [0.05, 0.1) is 24.3 Å². The standard InChI is InChI=1S/C26H26Cl2FN5O3/c1-3-4-6-24-33-25(28)21(14-35)34(24)9-5-10-37-23-12-17-20(13-22(23)36-2)30-15-31-26(17)32-16-7-8-19(29)18(27)11-16/h7-8,11-15H,3-6,9-10H2,1-2H3,(H,30,31,32). The Hall–Kier alpha value is -3.43. The highest BCUT2D eigenvalue weighted by Gasteiger charge is 2.16. The molecule has 0 saturated carbocycles. The first kappa shape index (κ1) is 26.6. The summed E-state index contributed by atoms with van der Waals surface area (Å²) in [5, 5.41) is 4.06. The molecule has 0 unspecified atom stereocenters. The Morgan fingerprint density at radius 2 is 1.97 bits per heavy atom. The summed E-state index contributed by atoms with van der Waals surface area (Å²) in [4.78, 5) is 24.6. The van der Waals surface area contributed by atoms with E-state index in [-0.39, 0.29) is 10.2 Å². The number of anilines is 2. The van der Waals surface area contributed by atoms with E-state index in [1.807, 2.05) is 4.57 Å². The van der Waals surface area contributed by atoms with Gasteiger partial charge in [0.2, 0.25) is 0 Å². The van der Waals surface area contributed by atoms with E-state index in [0.717, 1.165) is 31.4 Å². The molecule has 0 saturated heterocycles. The maximum Gasteiger partial charge on any atom is 0.169 e. The molecular weight excluding hydrogens is 520 g/mol. The molecule has 0 atom stereocenters. The van der Waals surface area contributed by atoms with Gasteiger partial charge >= 0.3 is 0 Å². The van der Waals surface area contributed by atoms with Crippen LogP contribution in [0.2, 0.25) is 10.2 Å². The van der Waals surface area contributed by atoms with Crippen LogP contribution in [-0.4, -0.2) is 39.5 Å². The molecule has 0 fully saturated rings. The van der Waals surface area contributed by atoms with E-state index in [1.54, 1.807) is 25.3 Å². The highest BCUT2D eigenvalue weighted by atomic mass is 35.5. The zero-order valence-electron chi connectivity index (χ0n) is 20.4. The summed E-state index contributed by atoms with van der Waals surface area (Å²) in [6.07, 6.45) is 5.49. The molecule has 8 nitrogen and oxygen atoms in total. The number of hydrogen-bond acceptors (Lipinski definition) is 7. The molecule has 37 heavy (non-hydrogen) atoms. The number of imidazole rings is 1. The lowest BCUT2D eigenvalue weighted by Gasteiger charge is -2.15. The number of rotatable bonds is 12. The molecular formula is C26H26Cl2FN5O3. The van der Waals surface area contributed by atoms with Crippen molar-refractivity contribution in [2.75, 3.05) is 19.0 Å². The van der Waals surface area contributed by atoms with Gasteiger partial charge in [0, 0.05) is 30.1 Å². The minimum absolute atomic E-state index is 0.00354. The zero-order valence-corrected chi connectivity index (χ0v) is 21.9. The van der Waals surface area contributed by atoms with Crippen molar-refractivity contribution in [2.24, 2.45) is 0 Å². The number of methoxy groups -OCH3 is 1. The molecule has 0 radical (unpaired) electrons. The fourth-order valence-electron chi connectivity index (χ4n) is 3.92. The Morgan fingerprint density at radius 1 is 1.14 bits per heavy atom. The Balaban J connectivity index is 1.52. The molecule has 2 aromatic heterocycles. The van der Waals surface area contributed by atoms with Crippen LogP contribution in [0.15, 0.2) is 36.7 Å². The highest BCUT2D eigenvalue weighted by Crippen LogP contribution is 2.35. The first-order chi connectivity index (χ1) is 17.9. The van der Waals surface area contributed by atoms with E-state index in [0.29, 0.717) is 59.2 Å². The second-order valence-corrected chi connectivity index (χ2v) is 9.04. The predicted octanol–water partition coefficient (Wildman–Crippen LogP) is 6.65. The second-order valence-electron chi connectivity index (χ2n) is 8.28. The molecule has 0 bridgehead atoms. The summed E-state index contributed by atoms with van der Waals surface area (Å²) in [6, 6.07) is 7.89. The fourth-order valence-corrected chi connectivity index (χ4v) is 4.34. The Morgan fingerprint density at radius 3 is 2.70 bits per heavy atom. The van der Waals surface area contributed by atoms with E-state index in [1.165, 1.54) is 18.5 Å². The summed E-state index contributed by atoms with van der Waals surface area (Å²) in [6.45, 7) is 2.98. The van der Waals surface area contributed by atoms with Crippen LogP contribution in [0.4, 0.5) is 15.9 Å². The summed E-state index contributed by atoms with van der Waals surface area (Å²) in [5.41, 5.74) is 1.59. The number of carbonyl (C=O) groups is 1. The number of unbranched alkanes of at least 4 members (excludes halogenated alkanes) is 1. The fraction of sp³-hybridized carbons (Fsp3) is 0.308. The van der Waals surface area contributed by atoms with Crippen LogP contribution < -0.4 is 14.8 Å². The second kappa shape index (κ2) is 12.2. The Labute approximate surface area is 223 Å². The van der Waals surface area contributed by atoms with Crippen molar-refractivity contribution in [2.45, 2.75) is 39.2 Å². The average molecular weight is 546 g/mol. The van der Waals surface area contributed by atoms with E-state index in [2.05, 4.69) is 27.2 Å². The third kappa shape index (κ3) is 6.11. The maximum atomic E-state index is 13.6. The number of nitrogens with one attached hydrogen (secondary N) is 1. The topological polar surface area (TPSA) is 91.2 Å². The molecule has 4 rings (SSSR count). The van der Waals surface area contributed by atoms with Crippen molar-refractivity contribution in [3.63, 3.8) is 0 Å². The normalized spacial score (nSPS) is 11.1. The molecule has 0 aliphatic rings. The van der Waals surface area contributed by atoms with Crippen molar-refractivity contribution < 1.29 is 18.7 Å². The Kier molecular flexibility index (Phi) is 8.78. The van der Waals surface area contributed by atoms with Crippen LogP contribution >= 0.6 is 23.2 Å². The van der Waals surface area contributed by atoms with Crippen LogP contribution in [-0.2, 0) is 13.0 Å². The van der Waals surface area contributed by atoms with Crippen molar-refractivity contribution in [3.8, 4) is 11.5 Å². The molecule has 2 heterocycles. The van der Waals surface area contributed by atoms with Gasteiger partial charge in [-0.2, -0.15) is 0 Å². The number of fused-ring (bicyclic) bond motifs is 1. The van der Waals surface area contributed by atoms with E-state index in [9.17, 15) is 9.18 Å². The lowest BCUT2D eigenvalue weighted by molar-refractivity contribution is 0.111. The quantitative estimate of drug-likeness (QED) is 0.157. The number of nitrogens with zero attached hydrogens (tertiary/aromatic N) is 4. The number of benzene rings is 2. The number of aromatic nitrogens is 4. The van der Waals surface area contributed by atoms with Crippen molar-refractivity contribution in [1.29, 1.82) is 0 Å². The molecule has 0 spiro atoms. The molecule has 2 aromatic carbocycles. The van der Waals surface area contributed by atoms with Crippen molar-refractivity contribution in [3.05, 3.63) is 64.2 Å². The van der Waals surface area contributed by atoms with E-state index < -0.39 is 5.82 Å². The molecule has 0 aliphatic heterocycles. The monoisotopic (exact) mass is 545 g/mol. The van der Waals surface area contributed by atoms with E-state index >= 15 is 0 Å².